The Morgan fingerprint density at radius 2 is 2.00 bits per heavy atom. The monoisotopic (exact) mass is 475 g/mol. The number of carbonyl (C=O) groups excluding carboxylic acids is 1. The Labute approximate surface area is 201 Å². The molecule has 0 bridgehead atoms. The summed E-state index contributed by atoms with van der Waals surface area (Å²) >= 11 is 0. The molecule has 180 valence electrons. The van der Waals surface area contributed by atoms with Crippen molar-refractivity contribution in [2.45, 2.75) is 45.6 Å². The van der Waals surface area contributed by atoms with Crippen molar-refractivity contribution in [3.63, 3.8) is 0 Å². The minimum Gasteiger partial charge on any atom is -0.349 e. The van der Waals surface area contributed by atoms with Gasteiger partial charge in [-0.2, -0.15) is 10.2 Å². The van der Waals surface area contributed by atoms with Crippen LogP contribution in [0.15, 0.2) is 42.9 Å². The van der Waals surface area contributed by atoms with E-state index in [9.17, 15) is 9.18 Å². The zero-order valence-electron chi connectivity index (χ0n) is 19.7. The summed E-state index contributed by atoms with van der Waals surface area (Å²) in [4.78, 5) is 26.4. The van der Waals surface area contributed by atoms with Crippen molar-refractivity contribution >= 4 is 17.5 Å². The highest BCUT2D eigenvalue weighted by Crippen LogP contribution is 2.41. The van der Waals surface area contributed by atoms with Gasteiger partial charge in [0, 0.05) is 41.6 Å². The second-order valence-corrected chi connectivity index (χ2v) is 8.96. The third kappa shape index (κ3) is 5.03. The number of aryl methyl sites for hydroxylation is 2. The molecule has 0 saturated heterocycles. The maximum atomic E-state index is 13.2. The lowest BCUT2D eigenvalue weighted by atomic mass is 9.73. The van der Waals surface area contributed by atoms with Crippen LogP contribution in [0.4, 0.5) is 16.0 Å². The van der Waals surface area contributed by atoms with Gasteiger partial charge >= 0.3 is 0 Å². The molecule has 0 aliphatic heterocycles. The molecule has 1 saturated carbocycles. The molecule has 1 aliphatic rings. The van der Waals surface area contributed by atoms with Crippen LogP contribution in [0, 0.1) is 25.6 Å². The quantitative estimate of drug-likeness (QED) is 0.372. The van der Waals surface area contributed by atoms with Crippen molar-refractivity contribution in [1.29, 1.82) is 0 Å². The van der Waals surface area contributed by atoms with Crippen molar-refractivity contribution in [3.05, 3.63) is 71.4 Å². The molecule has 4 aromatic heterocycles. The van der Waals surface area contributed by atoms with Crippen molar-refractivity contribution in [2.75, 3.05) is 5.32 Å². The summed E-state index contributed by atoms with van der Waals surface area (Å²) in [5.74, 6) is 2.27. The molecule has 4 heterocycles. The number of anilines is 2. The second-order valence-electron chi connectivity index (χ2n) is 8.96. The summed E-state index contributed by atoms with van der Waals surface area (Å²) < 4.78 is 14.5. The fraction of sp³-hybridized carbons (Fsp3) is 0.333. The van der Waals surface area contributed by atoms with Gasteiger partial charge in [-0.3, -0.25) is 9.89 Å². The maximum Gasteiger partial charge on any atom is 0.223 e. The van der Waals surface area contributed by atoms with Gasteiger partial charge in [-0.05, 0) is 45.2 Å². The number of rotatable bonds is 7. The van der Waals surface area contributed by atoms with E-state index >= 15 is 0 Å². The molecule has 0 aromatic carbocycles. The normalized spacial score (nSPS) is 18.1. The largest absolute Gasteiger partial charge is 0.349 e. The number of halogens is 1. The molecule has 0 spiro atoms. The number of pyridine rings is 1. The topological polar surface area (TPSA) is 126 Å². The van der Waals surface area contributed by atoms with Gasteiger partial charge in [-0.15, -0.1) is 0 Å². The average Bonchev–Trinajstić information content (AvgIpc) is 3.40. The Morgan fingerprint density at radius 1 is 1.17 bits per heavy atom. The number of H-pyrrole nitrogens is 1. The molecule has 11 heteroatoms. The van der Waals surface area contributed by atoms with Gasteiger partial charge in [-0.25, -0.2) is 24.0 Å². The van der Waals surface area contributed by atoms with Crippen molar-refractivity contribution < 1.29 is 9.18 Å². The van der Waals surface area contributed by atoms with Crippen LogP contribution in [0.3, 0.4) is 0 Å². The highest BCUT2D eigenvalue weighted by atomic mass is 19.1. The second kappa shape index (κ2) is 9.24. The Balaban J connectivity index is 1.16. The lowest BCUT2D eigenvalue weighted by Crippen LogP contribution is -2.39. The van der Waals surface area contributed by atoms with Gasteiger partial charge in [0.15, 0.2) is 17.5 Å². The fourth-order valence-electron chi connectivity index (χ4n) is 4.12. The molecule has 0 unspecified atom stereocenters. The standard InChI is InChI=1S/C24H26FN9O/c1-13-6-20(30-21-7-14(2)32-33-21)31-23(28-13)17-8-18(9-17)24(35)29-15(3)16-4-5-22(26-10-16)34-12-19(25)11-27-34/h4-7,10-12,15,17-18H,8-9H2,1-3H3,(H,29,35)(H2,28,30,31,32,33)/t15-,17?,18?/m1/s1. The summed E-state index contributed by atoms with van der Waals surface area (Å²) in [6.07, 6.45) is 5.45. The van der Waals surface area contributed by atoms with Gasteiger partial charge in [0.1, 0.15) is 11.6 Å². The summed E-state index contributed by atoms with van der Waals surface area (Å²) in [6, 6.07) is 7.17. The van der Waals surface area contributed by atoms with E-state index in [1.54, 1.807) is 12.3 Å². The van der Waals surface area contributed by atoms with Crippen LogP contribution in [-0.4, -0.2) is 40.8 Å². The molecule has 1 fully saturated rings. The molecule has 1 amide bonds. The Hall–Kier alpha value is -4.15. The summed E-state index contributed by atoms with van der Waals surface area (Å²) in [5, 5.41) is 17.3. The number of nitrogens with zero attached hydrogens (tertiary/aromatic N) is 6. The molecule has 1 aliphatic carbocycles. The lowest BCUT2D eigenvalue weighted by Gasteiger charge is -2.34. The third-order valence-corrected chi connectivity index (χ3v) is 6.12. The first-order valence-electron chi connectivity index (χ1n) is 11.5. The van der Waals surface area contributed by atoms with Crippen LogP contribution in [0.5, 0.6) is 0 Å². The van der Waals surface area contributed by atoms with Gasteiger partial charge in [0.05, 0.1) is 18.4 Å². The van der Waals surface area contributed by atoms with E-state index in [0.29, 0.717) is 30.3 Å². The summed E-state index contributed by atoms with van der Waals surface area (Å²) in [5.41, 5.74) is 2.68. The number of nitrogens with one attached hydrogen (secondary N) is 3. The Kier molecular flexibility index (Phi) is 5.98. The minimum atomic E-state index is -0.424. The lowest BCUT2D eigenvalue weighted by molar-refractivity contribution is -0.128. The van der Waals surface area contributed by atoms with Gasteiger partial charge < -0.3 is 10.6 Å². The van der Waals surface area contributed by atoms with Crippen LogP contribution in [0.2, 0.25) is 0 Å². The van der Waals surface area contributed by atoms with Crippen LogP contribution in [0.1, 0.15) is 54.5 Å². The molecule has 35 heavy (non-hydrogen) atoms. The number of aromatic amines is 1. The zero-order chi connectivity index (χ0) is 24.5. The molecule has 3 N–H and O–H groups in total. The number of carbonyl (C=O) groups is 1. The molecule has 4 aromatic rings. The van der Waals surface area contributed by atoms with Gasteiger partial charge in [0.2, 0.25) is 5.91 Å². The predicted molar refractivity (Wildman–Crippen MR) is 127 cm³/mol. The van der Waals surface area contributed by atoms with Crippen LogP contribution in [0.25, 0.3) is 5.82 Å². The first-order chi connectivity index (χ1) is 16.8. The van der Waals surface area contributed by atoms with E-state index in [-0.39, 0.29) is 23.8 Å². The maximum absolute atomic E-state index is 13.2. The van der Waals surface area contributed by atoms with E-state index in [4.69, 9.17) is 0 Å². The molecule has 1 atom stereocenters. The first kappa shape index (κ1) is 22.6. The Bertz CT molecular complexity index is 1340. The van der Waals surface area contributed by atoms with E-state index in [1.165, 1.54) is 10.9 Å². The zero-order valence-corrected chi connectivity index (χ0v) is 19.7. The number of amides is 1. The SMILES string of the molecule is Cc1cc(Nc2cc(C)[nH]n2)nc(C2CC(C(=O)N[C@H](C)c3ccc(-n4cc(F)cn4)nc3)C2)n1. The Morgan fingerprint density at radius 3 is 2.66 bits per heavy atom. The molecular formula is C24H26FN9O. The first-order valence-corrected chi connectivity index (χ1v) is 11.5. The van der Waals surface area contributed by atoms with E-state index in [0.717, 1.165) is 29.0 Å². The van der Waals surface area contributed by atoms with Gasteiger partial charge in [0.25, 0.3) is 0 Å². The van der Waals surface area contributed by atoms with Crippen LogP contribution < -0.4 is 10.6 Å². The third-order valence-electron chi connectivity index (χ3n) is 6.12. The van der Waals surface area contributed by atoms with Crippen molar-refractivity contribution in [3.8, 4) is 5.82 Å². The molecular weight excluding hydrogens is 449 g/mol. The number of aromatic nitrogens is 7. The summed E-state index contributed by atoms with van der Waals surface area (Å²) in [6.45, 7) is 5.78. The molecule has 0 radical (unpaired) electrons. The summed E-state index contributed by atoms with van der Waals surface area (Å²) in [7, 11) is 0. The van der Waals surface area contributed by atoms with Crippen LogP contribution in [-0.2, 0) is 4.79 Å². The number of hydrogen-bond donors (Lipinski definition) is 3. The fourth-order valence-corrected chi connectivity index (χ4v) is 4.12. The van der Waals surface area contributed by atoms with E-state index < -0.39 is 5.82 Å². The highest BCUT2D eigenvalue weighted by Gasteiger charge is 2.37. The van der Waals surface area contributed by atoms with E-state index in [2.05, 4.69) is 40.9 Å². The predicted octanol–water partition coefficient (Wildman–Crippen LogP) is 3.65. The highest BCUT2D eigenvalue weighted by molar-refractivity contribution is 5.80. The number of hydrogen-bond acceptors (Lipinski definition) is 7. The van der Waals surface area contributed by atoms with Crippen LogP contribution >= 0.6 is 0 Å². The van der Waals surface area contributed by atoms with E-state index in [1.807, 2.05) is 39.0 Å². The molecule has 10 nitrogen and oxygen atoms in total. The van der Waals surface area contributed by atoms with Crippen molar-refractivity contribution in [1.82, 2.24) is 40.2 Å². The van der Waals surface area contributed by atoms with Gasteiger partial charge in [-0.1, -0.05) is 6.07 Å². The molecule has 5 rings (SSSR count). The average molecular weight is 476 g/mol. The smallest absolute Gasteiger partial charge is 0.223 e. The minimum absolute atomic E-state index is 0.00460. The van der Waals surface area contributed by atoms with Crippen molar-refractivity contribution in [2.24, 2.45) is 5.92 Å².